The zero-order chi connectivity index (χ0) is 14.1. The maximum Gasteiger partial charge on any atom is 0.191 e. The molecule has 1 rings (SSSR count). The van der Waals surface area contributed by atoms with Crippen LogP contribution in [0.2, 0.25) is 0 Å². The van der Waals surface area contributed by atoms with Crippen molar-refractivity contribution in [3.8, 4) is 0 Å². The highest BCUT2D eigenvalue weighted by molar-refractivity contribution is 5.79. The Morgan fingerprint density at radius 1 is 1.21 bits per heavy atom. The van der Waals surface area contributed by atoms with E-state index in [4.69, 9.17) is 0 Å². The molecular weight excluding hydrogens is 236 g/mol. The first-order chi connectivity index (χ1) is 9.19. The van der Waals surface area contributed by atoms with E-state index < -0.39 is 0 Å². The lowest BCUT2D eigenvalue weighted by Gasteiger charge is -2.35. The minimum absolute atomic E-state index is 0.612. The van der Waals surface area contributed by atoms with Gasteiger partial charge in [-0.3, -0.25) is 4.99 Å². The molecule has 1 unspecified atom stereocenters. The Labute approximate surface area is 119 Å². The fraction of sp³-hybridized carbons (Fsp3) is 0.933. The standard InChI is InChI=1S/C15H32N4/c1-5-11-17-15(16-2)18-12-14(19(3)4)13-9-7-6-8-10-13/h13-14H,5-12H2,1-4H3,(H2,16,17,18). The van der Waals surface area contributed by atoms with Gasteiger partial charge in [0.25, 0.3) is 0 Å². The molecule has 2 N–H and O–H groups in total. The average Bonchev–Trinajstić information content (AvgIpc) is 2.43. The highest BCUT2D eigenvalue weighted by atomic mass is 15.2. The SMILES string of the molecule is CCCNC(=NC)NCC(C1CCCCC1)N(C)C. The molecule has 0 aromatic heterocycles. The van der Waals surface area contributed by atoms with Crippen molar-refractivity contribution in [1.29, 1.82) is 0 Å². The molecule has 0 saturated heterocycles. The number of likely N-dealkylation sites (N-methyl/N-ethyl adjacent to an activating group) is 1. The molecule has 0 radical (unpaired) electrons. The van der Waals surface area contributed by atoms with Crippen LogP contribution in [-0.4, -0.2) is 51.1 Å². The van der Waals surface area contributed by atoms with Gasteiger partial charge in [0.05, 0.1) is 0 Å². The van der Waals surface area contributed by atoms with Crippen LogP contribution in [0.5, 0.6) is 0 Å². The van der Waals surface area contributed by atoms with Gasteiger partial charge in [-0.1, -0.05) is 26.2 Å². The van der Waals surface area contributed by atoms with Crippen LogP contribution in [0.25, 0.3) is 0 Å². The quantitative estimate of drug-likeness (QED) is 0.572. The fourth-order valence-electron chi connectivity index (χ4n) is 2.96. The van der Waals surface area contributed by atoms with Gasteiger partial charge in [0, 0.05) is 26.2 Å². The van der Waals surface area contributed by atoms with Gasteiger partial charge in [0.2, 0.25) is 0 Å². The van der Waals surface area contributed by atoms with Crippen molar-refractivity contribution in [3.05, 3.63) is 0 Å². The molecule has 0 spiro atoms. The molecule has 0 heterocycles. The number of hydrogen-bond donors (Lipinski definition) is 2. The van der Waals surface area contributed by atoms with Crippen LogP contribution in [0.3, 0.4) is 0 Å². The van der Waals surface area contributed by atoms with Crippen LogP contribution >= 0.6 is 0 Å². The van der Waals surface area contributed by atoms with E-state index in [0.29, 0.717) is 6.04 Å². The number of nitrogens with zero attached hydrogens (tertiary/aromatic N) is 2. The molecule has 1 aliphatic carbocycles. The first kappa shape index (κ1) is 16.3. The van der Waals surface area contributed by atoms with E-state index in [-0.39, 0.29) is 0 Å². The lowest BCUT2D eigenvalue weighted by molar-refractivity contribution is 0.171. The van der Waals surface area contributed by atoms with Crippen LogP contribution in [0, 0.1) is 5.92 Å². The zero-order valence-electron chi connectivity index (χ0n) is 13.2. The highest BCUT2D eigenvalue weighted by Crippen LogP contribution is 2.27. The summed E-state index contributed by atoms with van der Waals surface area (Å²) in [7, 11) is 6.24. The summed E-state index contributed by atoms with van der Waals surface area (Å²) in [6.07, 6.45) is 8.11. The first-order valence-electron chi connectivity index (χ1n) is 7.80. The summed E-state index contributed by atoms with van der Waals surface area (Å²) >= 11 is 0. The second kappa shape index (κ2) is 9.18. The Balaban J connectivity index is 2.44. The molecule has 4 nitrogen and oxygen atoms in total. The van der Waals surface area contributed by atoms with Crippen LogP contribution < -0.4 is 10.6 Å². The largest absolute Gasteiger partial charge is 0.356 e. The first-order valence-corrected chi connectivity index (χ1v) is 7.80. The van der Waals surface area contributed by atoms with Gasteiger partial charge in [-0.05, 0) is 39.3 Å². The van der Waals surface area contributed by atoms with Crippen LogP contribution in [0.15, 0.2) is 4.99 Å². The number of hydrogen-bond acceptors (Lipinski definition) is 2. The number of aliphatic imine (C=N–C) groups is 1. The second-order valence-corrected chi connectivity index (χ2v) is 5.81. The number of rotatable bonds is 6. The molecule has 1 fully saturated rings. The van der Waals surface area contributed by atoms with Crippen LogP contribution in [0.1, 0.15) is 45.4 Å². The third kappa shape index (κ3) is 5.81. The molecular formula is C15H32N4. The molecule has 19 heavy (non-hydrogen) atoms. The summed E-state index contributed by atoms with van der Waals surface area (Å²) in [5, 5.41) is 6.82. The lowest BCUT2D eigenvalue weighted by Crippen LogP contribution is -2.48. The average molecular weight is 268 g/mol. The van der Waals surface area contributed by atoms with Gasteiger partial charge in [-0.2, -0.15) is 0 Å². The normalized spacial score (nSPS) is 19.5. The maximum atomic E-state index is 4.28. The van der Waals surface area contributed by atoms with Gasteiger partial charge < -0.3 is 15.5 Å². The van der Waals surface area contributed by atoms with E-state index in [1.165, 1.54) is 32.1 Å². The molecule has 0 aromatic carbocycles. The molecule has 112 valence electrons. The summed E-state index contributed by atoms with van der Waals surface area (Å²) < 4.78 is 0. The van der Waals surface area contributed by atoms with E-state index in [1.807, 2.05) is 7.05 Å². The lowest BCUT2D eigenvalue weighted by atomic mass is 9.83. The Hall–Kier alpha value is -0.770. The van der Waals surface area contributed by atoms with Gasteiger partial charge in [0.1, 0.15) is 0 Å². The second-order valence-electron chi connectivity index (χ2n) is 5.81. The third-order valence-corrected chi connectivity index (χ3v) is 4.10. The minimum Gasteiger partial charge on any atom is -0.356 e. The monoisotopic (exact) mass is 268 g/mol. The van der Waals surface area contributed by atoms with Gasteiger partial charge in [0.15, 0.2) is 5.96 Å². The molecule has 1 aliphatic rings. The van der Waals surface area contributed by atoms with E-state index in [1.54, 1.807) is 0 Å². The smallest absolute Gasteiger partial charge is 0.191 e. The van der Waals surface area contributed by atoms with Crippen molar-refractivity contribution in [2.75, 3.05) is 34.2 Å². The number of nitrogens with one attached hydrogen (secondary N) is 2. The highest BCUT2D eigenvalue weighted by Gasteiger charge is 2.25. The maximum absolute atomic E-state index is 4.28. The predicted molar refractivity (Wildman–Crippen MR) is 83.7 cm³/mol. The Kier molecular flexibility index (Phi) is 7.87. The molecule has 1 saturated carbocycles. The van der Waals surface area contributed by atoms with E-state index in [0.717, 1.165) is 31.4 Å². The van der Waals surface area contributed by atoms with Crippen molar-refractivity contribution < 1.29 is 0 Å². The van der Waals surface area contributed by atoms with Gasteiger partial charge in [-0.15, -0.1) is 0 Å². The summed E-state index contributed by atoms with van der Waals surface area (Å²) in [4.78, 5) is 6.65. The topological polar surface area (TPSA) is 39.7 Å². The Morgan fingerprint density at radius 2 is 1.89 bits per heavy atom. The summed E-state index contributed by atoms with van der Waals surface area (Å²) in [6, 6.07) is 0.612. The molecule has 1 atom stereocenters. The van der Waals surface area contributed by atoms with Gasteiger partial charge in [-0.25, -0.2) is 0 Å². The summed E-state index contributed by atoms with van der Waals surface area (Å²) in [6.45, 7) is 4.14. The summed E-state index contributed by atoms with van der Waals surface area (Å²) in [5.74, 6) is 1.77. The molecule has 4 heteroatoms. The third-order valence-electron chi connectivity index (χ3n) is 4.10. The van der Waals surface area contributed by atoms with Crippen molar-refractivity contribution >= 4 is 5.96 Å². The molecule has 0 amide bonds. The van der Waals surface area contributed by atoms with Crippen molar-refractivity contribution in [2.24, 2.45) is 10.9 Å². The molecule has 0 aliphatic heterocycles. The Bertz CT molecular complexity index is 257. The van der Waals surface area contributed by atoms with Gasteiger partial charge >= 0.3 is 0 Å². The van der Waals surface area contributed by atoms with Crippen molar-refractivity contribution in [3.63, 3.8) is 0 Å². The van der Waals surface area contributed by atoms with Crippen LogP contribution in [0.4, 0.5) is 0 Å². The fourth-order valence-corrected chi connectivity index (χ4v) is 2.96. The van der Waals surface area contributed by atoms with Crippen molar-refractivity contribution in [1.82, 2.24) is 15.5 Å². The zero-order valence-corrected chi connectivity index (χ0v) is 13.2. The number of guanidine groups is 1. The molecule has 0 aromatic rings. The van der Waals surface area contributed by atoms with E-state index >= 15 is 0 Å². The minimum atomic E-state index is 0.612. The summed E-state index contributed by atoms with van der Waals surface area (Å²) in [5.41, 5.74) is 0. The predicted octanol–water partition coefficient (Wildman–Crippen LogP) is 2.07. The Morgan fingerprint density at radius 3 is 2.42 bits per heavy atom. The van der Waals surface area contributed by atoms with E-state index in [9.17, 15) is 0 Å². The van der Waals surface area contributed by atoms with Crippen LogP contribution in [-0.2, 0) is 0 Å². The molecule has 0 bridgehead atoms. The van der Waals surface area contributed by atoms with Crippen molar-refractivity contribution in [2.45, 2.75) is 51.5 Å². The van der Waals surface area contributed by atoms with E-state index in [2.05, 4.69) is 41.5 Å².